The van der Waals surface area contributed by atoms with Crippen molar-refractivity contribution in [2.75, 3.05) is 40.1 Å². The van der Waals surface area contributed by atoms with Gasteiger partial charge in [-0.2, -0.15) is 0 Å². The van der Waals surface area contributed by atoms with E-state index >= 15 is 0 Å². The second kappa shape index (κ2) is 11.7. The maximum Gasteiger partial charge on any atom is 0.317 e. The summed E-state index contributed by atoms with van der Waals surface area (Å²) < 4.78 is 40.0. The molecule has 10 nitrogen and oxygen atoms in total. The lowest BCUT2D eigenvalue weighted by Gasteiger charge is -2.37. The van der Waals surface area contributed by atoms with Gasteiger partial charge in [-0.05, 0) is 51.0 Å². The van der Waals surface area contributed by atoms with Crippen LogP contribution in [-0.2, 0) is 14.8 Å². The number of nitrogens with one attached hydrogen (secondary N) is 4. The molecule has 7 atom stereocenters. The Morgan fingerprint density at radius 2 is 1.94 bits per heavy atom. The number of hydrazine groups is 1. The smallest absolute Gasteiger partial charge is 0.317 e. The molecule has 0 aromatic rings. The molecule has 196 valence electrons. The van der Waals surface area contributed by atoms with Crippen LogP contribution in [0.25, 0.3) is 0 Å². The van der Waals surface area contributed by atoms with Gasteiger partial charge in [0.25, 0.3) is 0 Å². The van der Waals surface area contributed by atoms with Gasteiger partial charge in [0.1, 0.15) is 6.17 Å². The average molecular weight is 525 g/mol. The summed E-state index contributed by atoms with van der Waals surface area (Å²) in [6.45, 7) is 1.52. The molecule has 34 heavy (non-hydrogen) atoms. The molecule has 7 unspecified atom stereocenters. The lowest BCUT2D eigenvalue weighted by atomic mass is 9.76. The number of likely N-dealkylation sites (N-methyl/N-ethyl adjacent to an activating group) is 1. The van der Waals surface area contributed by atoms with Crippen LogP contribution < -0.4 is 20.9 Å². The summed E-state index contributed by atoms with van der Waals surface area (Å²) in [5.74, 6) is -2.01. The molecule has 0 radical (unpaired) electrons. The highest BCUT2D eigenvalue weighted by Crippen LogP contribution is 2.37. The van der Waals surface area contributed by atoms with Crippen molar-refractivity contribution >= 4 is 33.6 Å². The number of urea groups is 1. The summed E-state index contributed by atoms with van der Waals surface area (Å²) in [7, 11) is 1.45. The zero-order valence-electron chi connectivity index (χ0n) is 20.1. The van der Waals surface area contributed by atoms with E-state index < -0.39 is 33.4 Å². The number of carbonyl (C=O) groups is 2. The van der Waals surface area contributed by atoms with Crippen LogP contribution >= 0.6 is 11.6 Å². The molecule has 1 saturated heterocycles. The van der Waals surface area contributed by atoms with E-state index in [-0.39, 0.29) is 35.7 Å². The average Bonchev–Trinajstić information content (AvgIpc) is 3.20. The maximum atomic E-state index is 14.8. The Balaban J connectivity index is 1.51. The monoisotopic (exact) mass is 524 g/mol. The number of rotatable bonds is 7. The molecule has 4 N–H and O–H groups in total. The number of amides is 3. The lowest BCUT2D eigenvalue weighted by Crippen LogP contribution is -2.52. The normalized spacial score (nSPS) is 35.0. The Morgan fingerprint density at radius 3 is 2.59 bits per heavy atom. The van der Waals surface area contributed by atoms with Crippen LogP contribution in [0.5, 0.6) is 0 Å². The van der Waals surface area contributed by atoms with Crippen molar-refractivity contribution in [1.29, 1.82) is 0 Å². The maximum absolute atomic E-state index is 14.8. The third-order valence-corrected chi connectivity index (χ3v) is 8.90. The molecule has 0 spiro atoms. The number of hydrogen-bond donors (Lipinski definition) is 4. The standard InChI is InChI=1S/C21H38ClFN6O4S/c1-28(2)21(31)25-15-6-4-5-13(7-15)11-34(32,33)27-26-20(30)16-8-14(9-17(22)19(16)23)18-10-29(3)12-24-18/h13-19,24,27H,4-12H2,1-3H3,(H,25,31)(H,26,30). The molecule has 3 aliphatic rings. The summed E-state index contributed by atoms with van der Waals surface area (Å²) in [5, 5.41) is 5.48. The number of carbonyl (C=O) groups excluding carboxylic acids is 2. The van der Waals surface area contributed by atoms with Crippen molar-refractivity contribution in [2.45, 2.75) is 62.2 Å². The molecule has 3 rings (SSSR count). The Morgan fingerprint density at radius 1 is 1.21 bits per heavy atom. The van der Waals surface area contributed by atoms with E-state index in [4.69, 9.17) is 11.6 Å². The first-order chi connectivity index (χ1) is 15.9. The van der Waals surface area contributed by atoms with Crippen LogP contribution in [0.3, 0.4) is 0 Å². The highest BCUT2D eigenvalue weighted by molar-refractivity contribution is 7.89. The van der Waals surface area contributed by atoms with Crippen LogP contribution in [0.1, 0.15) is 38.5 Å². The van der Waals surface area contributed by atoms with Crippen LogP contribution in [-0.4, -0.2) is 93.9 Å². The van der Waals surface area contributed by atoms with E-state index in [0.717, 1.165) is 32.5 Å². The van der Waals surface area contributed by atoms with E-state index in [2.05, 4.69) is 25.8 Å². The van der Waals surface area contributed by atoms with Gasteiger partial charge in [0, 0.05) is 39.4 Å². The van der Waals surface area contributed by atoms with E-state index in [1.165, 1.54) is 4.90 Å². The minimum atomic E-state index is -3.83. The van der Waals surface area contributed by atoms with Crippen LogP contribution in [0.4, 0.5) is 9.18 Å². The summed E-state index contributed by atoms with van der Waals surface area (Å²) >= 11 is 6.24. The first kappa shape index (κ1) is 27.4. The highest BCUT2D eigenvalue weighted by atomic mass is 35.5. The Bertz CT molecular complexity index is 834. The van der Waals surface area contributed by atoms with Crippen LogP contribution in [0.2, 0.25) is 0 Å². The van der Waals surface area contributed by atoms with Gasteiger partial charge in [0.15, 0.2) is 0 Å². The van der Waals surface area contributed by atoms with Crippen molar-refractivity contribution in [3.05, 3.63) is 0 Å². The van der Waals surface area contributed by atoms with Crippen molar-refractivity contribution in [3.63, 3.8) is 0 Å². The Labute approximate surface area is 206 Å². The summed E-state index contributed by atoms with van der Waals surface area (Å²) in [6, 6.07) is -0.172. The van der Waals surface area contributed by atoms with Gasteiger partial charge in [-0.3, -0.25) is 20.4 Å². The quantitative estimate of drug-likeness (QED) is 0.286. The molecule has 2 saturated carbocycles. The zero-order valence-corrected chi connectivity index (χ0v) is 21.7. The van der Waals surface area contributed by atoms with E-state index in [0.29, 0.717) is 19.3 Å². The predicted molar refractivity (Wildman–Crippen MR) is 128 cm³/mol. The molecule has 1 aliphatic heterocycles. The van der Waals surface area contributed by atoms with Gasteiger partial charge >= 0.3 is 6.03 Å². The molecule has 3 amide bonds. The van der Waals surface area contributed by atoms with E-state index in [1.54, 1.807) is 14.1 Å². The molecule has 13 heteroatoms. The SMILES string of the molecule is CN1CNC(C2CC(Cl)C(F)C(C(=O)NNS(=O)(=O)CC3CCCC(NC(=O)N(C)C)C3)C2)C1. The van der Waals surface area contributed by atoms with Gasteiger partial charge in [-0.25, -0.2) is 17.6 Å². The fourth-order valence-corrected chi connectivity index (χ4v) is 6.97. The molecular weight excluding hydrogens is 487 g/mol. The highest BCUT2D eigenvalue weighted by Gasteiger charge is 2.44. The second-order valence-corrected chi connectivity index (χ2v) is 12.6. The summed E-state index contributed by atoms with van der Waals surface area (Å²) in [5.41, 5.74) is 2.23. The minimum absolute atomic E-state index is 0.0309. The Hall–Kier alpha value is -1.21. The van der Waals surface area contributed by atoms with Gasteiger partial charge < -0.3 is 10.2 Å². The molecule has 0 bridgehead atoms. The predicted octanol–water partition coefficient (Wildman–Crippen LogP) is 0.600. The van der Waals surface area contributed by atoms with Crippen LogP contribution in [0.15, 0.2) is 0 Å². The number of nitrogens with zero attached hydrogens (tertiary/aromatic N) is 2. The Kier molecular flexibility index (Phi) is 9.41. The van der Waals surface area contributed by atoms with Crippen molar-refractivity contribution in [3.8, 4) is 0 Å². The van der Waals surface area contributed by atoms with Gasteiger partial charge in [-0.1, -0.05) is 6.42 Å². The fourth-order valence-electron chi connectivity index (χ4n) is 5.31. The summed E-state index contributed by atoms with van der Waals surface area (Å²) in [4.78, 5) is 30.3. The van der Waals surface area contributed by atoms with Crippen molar-refractivity contribution in [2.24, 2.45) is 17.8 Å². The molecule has 3 fully saturated rings. The third-order valence-electron chi connectivity index (χ3n) is 7.15. The lowest BCUT2D eigenvalue weighted by molar-refractivity contribution is -0.129. The number of hydrogen-bond acceptors (Lipinski definition) is 6. The van der Waals surface area contributed by atoms with Gasteiger partial charge in [0.2, 0.25) is 15.9 Å². The molecular formula is C21H38ClFN6O4S. The van der Waals surface area contributed by atoms with Crippen molar-refractivity contribution < 1.29 is 22.4 Å². The number of halogens is 2. The third kappa shape index (κ3) is 7.39. The van der Waals surface area contributed by atoms with E-state index in [1.807, 2.05) is 7.05 Å². The van der Waals surface area contributed by atoms with E-state index in [9.17, 15) is 22.4 Å². The largest absolute Gasteiger partial charge is 0.335 e. The minimum Gasteiger partial charge on any atom is -0.335 e. The topological polar surface area (TPSA) is 123 Å². The second-order valence-electron chi connectivity index (χ2n) is 10.3. The van der Waals surface area contributed by atoms with Crippen LogP contribution in [0, 0.1) is 17.8 Å². The van der Waals surface area contributed by atoms with Crippen molar-refractivity contribution in [1.82, 2.24) is 30.7 Å². The summed E-state index contributed by atoms with van der Waals surface area (Å²) in [6.07, 6.45) is 2.10. The van der Waals surface area contributed by atoms with Gasteiger partial charge in [0.05, 0.1) is 17.0 Å². The zero-order chi connectivity index (χ0) is 25.0. The number of alkyl halides is 2. The van der Waals surface area contributed by atoms with Gasteiger partial charge in [-0.15, -0.1) is 16.4 Å². The fraction of sp³-hybridized carbons (Fsp3) is 0.905. The molecule has 0 aromatic heterocycles. The molecule has 2 aliphatic carbocycles. The number of sulfonamides is 1. The molecule has 1 heterocycles. The first-order valence-corrected chi connectivity index (χ1v) is 14.0. The molecule has 0 aromatic carbocycles. The first-order valence-electron chi connectivity index (χ1n) is 11.9.